The van der Waals surface area contributed by atoms with Crippen molar-refractivity contribution >= 4 is 17.7 Å². The molecule has 0 unspecified atom stereocenters. The van der Waals surface area contributed by atoms with E-state index in [1.807, 2.05) is 23.1 Å². The molecular weight excluding hydrogens is 310 g/mol. The number of hydrogen-bond acceptors (Lipinski definition) is 4. The quantitative estimate of drug-likeness (QED) is 0.792. The summed E-state index contributed by atoms with van der Waals surface area (Å²) in [7, 11) is 0. The van der Waals surface area contributed by atoms with Gasteiger partial charge in [-0.1, -0.05) is 32.0 Å². The molecule has 2 saturated heterocycles. The Morgan fingerprint density at radius 3 is 2.30 bits per heavy atom. The van der Waals surface area contributed by atoms with E-state index in [4.69, 9.17) is 9.47 Å². The number of piperidine rings is 1. The largest absolute Gasteiger partial charge is 0.347 e. The molecule has 0 saturated carbocycles. The lowest BCUT2D eigenvalue weighted by molar-refractivity contribution is -0.187. The Morgan fingerprint density at radius 2 is 1.74 bits per heavy atom. The first-order valence-corrected chi connectivity index (χ1v) is 9.26. The number of thioether (sulfide) groups is 1. The number of likely N-dealkylation sites (tertiary alicyclic amines) is 1. The van der Waals surface area contributed by atoms with Crippen molar-refractivity contribution in [2.75, 3.05) is 26.3 Å². The Morgan fingerprint density at radius 1 is 1.13 bits per heavy atom. The molecule has 2 heterocycles. The highest BCUT2D eigenvalue weighted by Gasteiger charge is 2.42. The summed E-state index contributed by atoms with van der Waals surface area (Å²) in [6, 6.07) is 10.2. The Hall–Kier alpha value is -1.04. The zero-order valence-corrected chi connectivity index (χ0v) is 14.7. The predicted molar refractivity (Wildman–Crippen MR) is 91.4 cm³/mol. The molecule has 0 N–H and O–H groups in total. The van der Waals surface area contributed by atoms with Crippen molar-refractivity contribution in [3.8, 4) is 0 Å². The van der Waals surface area contributed by atoms with Crippen LogP contribution < -0.4 is 0 Å². The smallest absolute Gasteiger partial charge is 0.236 e. The maximum Gasteiger partial charge on any atom is 0.236 e. The van der Waals surface area contributed by atoms with Gasteiger partial charge in [-0.2, -0.15) is 0 Å². The molecule has 1 spiro atoms. The van der Waals surface area contributed by atoms with Crippen LogP contribution in [-0.2, 0) is 14.3 Å². The van der Waals surface area contributed by atoms with Crippen molar-refractivity contribution in [3.63, 3.8) is 0 Å². The lowest BCUT2D eigenvalue weighted by Crippen LogP contribution is -2.50. The van der Waals surface area contributed by atoms with E-state index in [0.717, 1.165) is 30.8 Å². The molecule has 5 heteroatoms. The summed E-state index contributed by atoms with van der Waals surface area (Å²) in [6.45, 7) is 7.02. The minimum Gasteiger partial charge on any atom is -0.347 e. The van der Waals surface area contributed by atoms with Crippen LogP contribution in [0.3, 0.4) is 0 Å². The molecule has 0 aliphatic carbocycles. The molecule has 0 aromatic heterocycles. The van der Waals surface area contributed by atoms with Crippen molar-refractivity contribution in [2.24, 2.45) is 5.92 Å². The average molecular weight is 335 g/mol. The van der Waals surface area contributed by atoms with E-state index in [-0.39, 0.29) is 11.2 Å². The van der Waals surface area contributed by atoms with E-state index in [0.29, 0.717) is 19.1 Å². The highest BCUT2D eigenvalue weighted by Crippen LogP contribution is 2.34. The highest BCUT2D eigenvalue weighted by molar-refractivity contribution is 8.00. The van der Waals surface area contributed by atoms with E-state index in [2.05, 4.69) is 26.0 Å². The van der Waals surface area contributed by atoms with Gasteiger partial charge >= 0.3 is 0 Å². The molecule has 1 amide bonds. The van der Waals surface area contributed by atoms with Crippen molar-refractivity contribution in [1.29, 1.82) is 0 Å². The standard InChI is InChI=1S/C18H25NO3S/c1-14(2)16(23-15-6-4-3-5-7-15)17(20)19-10-8-18(9-11-19)21-12-13-22-18/h3-7,14,16H,8-13H2,1-2H3/t16-/m1/s1. The van der Waals surface area contributed by atoms with Gasteiger partial charge in [0.15, 0.2) is 5.79 Å². The molecule has 4 nitrogen and oxygen atoms in total. The third kappa shape index (κ3) is 3.90. The van der Waals surface area contributed by atoms with Crippen LogP contribution in [0.2, 0.25) is 0 Å². The number of nitrogens with zero attached hydrogens (tertiary/aromatic N) is 1. The summed E-state index contributed by atoms with van der Waals surface area (Å²) < 4.78 is 11.5. The van der Waals surface area contributed by atoms with Crippen molar-refractivity contribution in [3.05, 3.63) is 30.3 Å². The first kappa shape index (κ1) is 16.8. The molecule has 23 heavy (non-hydrogen) atoms. The molecule has 1 atom stereocenters. The summed E-state index contributed by atoms with van der Waals surface area (Å²) in [5.41, 5.74) is 0. The molecule has 0 radical (unpaired) electrons. The van der Waals surface area contributed by atoms with E-state index in [1.54, 1.807) is 11.8 Å². The van der Waals surface area contributed by atoms with Crippen LogP contribution in [0.1, 0.15) is 26.7 Å². The Kier molecular flexibility index (Phi) is 5.29. The summed E-state index contributed by atoms with van der Waals surface area (Å²) >= 11 is 1.67. The fourth-order valence-electron chi connectivity index (χ4n) is 3.15. The molecule has 2 aliphatic heterocycles. The molecule has 3 rings (SSSR count). The lowest BCUT2D eigenvalue weighted by atomic mass is 10.0. The predicted octanol–water partition coefficient (Wildman–Crippen LogP) is 3.17. The second-order valence-electron chi connectivity index (χ2n) is 6.53. The molecule has 1 aromatic carbocycles. The molecule has 2 fully saturated rings. The summed E-state index contributed by atoms with van der Waals surface area (Å²) in [5, 5.41) is -0.0446. The van der Waals surface area contributed by atoms with Crippen LogP contribution in [-0.4, -0.2) is 48.1 Å². The minimum atomic E-state index is -0.420. The zero-order chi connectivity index (χ0) is 16.3. The molecule has 2 aliphatic rings. The monoisotopic (exact) mass is 335 g/mol. The number of ether oxygens (including phenoxy) is 2. The Balaban J connectivity index is 1.62. The lowest BCUT2D eigenvalue weighted by Gasteiger charge is -2.39. The number of carbonyl (C=O) groups is 1. The third-order valence-electron chi connectivity index (χ3n) is 4.51. The highest BCUT2D eigenvalue weighted by atomic mass is 32.2. The summed E-state index contributed by atoms with van der Waals surface area (Å²) in [5.74, 6) is 0.112. The van der Waals surface area contributed by atoms with Crippen molar-refractivity contribution < 1.29 is 14.3 Å². The van der Waals surface area contributed by atoms with Gasteiger partial charge < -0.3 is 14.4 Å². The van der Waals surface area contributed by atoms with Crippen LogP contribution in [0.25, 0.3) is 0 Å². The average Bonchev–Trinajstić information content (AvgIpc) is 3.01. The van der Waals surface area contributed by atoms with Gasteiger partial charge in [0.05, 0.1) is 18.5 Å². The second-order valence-corrected chi connectivity index (χ2v) is 7.74. The summed E-state index contributed by atoms with van der Waals surface area (Å²) in [6.07, 6.45) is 1.55. The van der Waals surface area contributed by atoms with Gasteiger partial charge in [0.2, 0.25) is 5.91 Å². The number of carbonyl (C=O) groups excluding carboxylic acids is 1. The third-order valence-corrected chi connectivity index (χ3v) is 6.05. The first-order chi connectivity index (χ1) is 11.1. The van der Waals surface area contributed by atoms with Gasteiger partial charge in [-0.15, -0.1) is 11.8 Å². The number of amides is 1. The van der Waals surface area contributed by atoms with Crippen LogP contribution in [0.5, 0.6) is 0 Å². The van der Waals surface area contributed by atoms with Crippen LogP contribution in [0.4, 0.5) is 0 Å². The maximum absolute atomic E-state index is 13.0. The topological polar surface area (TPSA) is 38.8 Å². The fraction of sp³-hybridized carbons (Fsp3) is 0.611. The van der Waals surface area contributed by atoms with E-state index < -0.39 is 5.79 Å². The SMILES string of the molecule is CC(C)[C@@H](Sc1ccccc1)C(=O)N1CCC2(CC1)OCCO2. The Labute approximate surface area is 142 Å². The fourth-order valence-corrected chi connectivity index (χ4v) is 4.28. The van der Waals surface area contributed by atoms with Gasteiger partial charge in [-0.3, -0.25) is 4.79 Å². The van der Waals surface area contributed by atoms with E-state index in [9.17, 15) is 4.79 Å². The van der Waals surface area contributed by atoms with Crippen molar-refractivity contribution in [1.82, 2.24) is 4.90 Å². The van der Waals surface area contributed by atoms with Gasteiger partial charge in [0, 0.05) is 30.8 Å². The molecule has 0 bridgehead atoms. The second kappa shape index (κ2) is 7.24. The van der Waals surface area contributed by atoms with E-state index in [1.165, 1.54) is 0 Å². The van der Waals surface area contributed by atoms with Crippen LogP contribution in [0.15, 0.2) is 35.2 Å². The molecule has 1 aromatic rings. The summed E-state index contributed by atoms with van der Waals surface area (Å²) in [4.78, 5) is 16.1. The minimum absolute atomic E-state index is 0.0446. The van der Waals surface area contributed by atoms with Crippen LogP contribution >= 0.6 is 11.8 Å². The van der Waals surface area contributed by atoms with E-state index >= 15 is 0 Å². The van der Waals surface area contributed by atoms with Gasteiger partial charge in [-0.25, -0.2) is 0 Å². The van der Waals surface area contributed by atoms with Crippen LogP contribution in [0, 0.1) is 5.92 Å². The Bertz CT molecular complexity index is 518. The maximum atomic E-state index is 13.0. The van der Waals surface area contributed by atoms with Gasteiger partial charge in [0.25, 0.3) is 0 Å². The first-order valence-electron chi connectivity index (χ1n) is 8.38. The number of hydrogen-bond donors (Lipinski definition) is 0. The number of benzene rings is 1. The zero-order valence-electron chi connectivity index (χ0n) is 13.9. The normalized spacial score (nSPS) is 21.8. The van der Waals surface area contributed by atoms with Gasteiger partial charge in [-0.05, 0) is 18.1 Å². The number of rotatable bonds is 4. The van der Waals surface area contributed by atoms with Gasteiger partial charge in [0.1, 0.15) is 0 Å². The molecule has 126 valence electrons. The molecular formula is C18H25NO3S. The van der Waals surface area contributed by atoms with Crippen molar-refractivity contribution in [2.45, 2.75) is 42.6 Å².